The fourth-order valence-corrected chi connectivity index (χ4v) is 3.28. The average molecular weight is 348 g/mol. The normalized spacial score (nSPS) is 11.0. The maximum absolute atomic E-state index is 14.3. The number of aromatic nitrogens is 1. The highest BCUT2D eigenvalue weighted by molar-refractivity contribution is 7.18. The van der Waals surface area contributed by atoms with E-state index in [9.17, 15) is 13.6 Å². The van der Waals surface area contributed by atoms with Crippen LogP contribution in [0.1, 0.15) is 16.1 Å². The van der Waals surface area contributed by atoms with Crippen molar-refractivity contribution in [2.45, 2.75) is 20.0 Å². The number of ether oxygens (including phenoxy) is 1. The van der Waals surface area contributed by atoms with Crippen LogP contribution in [0.3, 0.4) is 0 Å². The highest BCUT2D eigenvalue weighted by atomic mass is 32.1. The predicted molar refractivity (Wildman–Crippen MR) is 87.9 cm³/mol. The molecule has 124 valence electrons. The van der Waals surface area contributed by atoms with Crippen molar-refractivity contribution in [2.75, 3.05) is 0 Å². The average Bonchev–Trinajstić information content (AvgIpc) is 2.92. The maximum Gasteiger partial charge on any atom is 0.222 e. The van der Waals surface area contributed by atoms with Gasteiger partial charge in [-0.1, -0.05) is 6.07 Å². The first-order valence-electron chi connectivity index (χ1n) is 7.18. The fourth-order valence-electron chi connectivity index (χ4n) is 2.30. The smallest absolute Gasteiger partial charge is 0.222 e. The third kappa shape index (κ3) is 3.35. The number of hydrogen-bond acceptors (Lipinski definition) is 4. The first-order chi connectivity index (χ1) is 11.4. The molecule has 0 unspecified atom stereocenters. The molecule has 4 nitrogen and oxygen atoms in total. The lowest BCUT2D eigenvalue weighted by Gasteiger charge is -2.09. The summed E-state index contributed by atoms with van der Waals surface area (Å²) in [6.07, 6.45) is -0.519. The second-order valence-corrected chi connectivity index (χ2v) is 6.46. The van der Waals surface area contributed by atoms with Crippen molar-refractivity contribution < 1.29 is 18.3 Å². The van der Waals surface area contributed by atoms with Crippen LogP contribution in [0.25, 0.3) is 10.2 Å². The molecule has 3 aromatic rings. The molecular formula is C17H14F2N2O2S. The summed E-state index contributed by atoms with van der Waals surface area (Å²) in [7, 11) is 0. The quantitative estimate of drug-likeness (QED) is 0.768. The molecule has 0 radical (unpaired) electrons. The van der Waals surface area contributed by atoms with Gasteiger partial charge in [0.2, 0.25) is 5.91 Å². The number of carbonyl (C=O) groups excluding carboxylic acids is 1. The number of benzene rings is 2. The van der Waals surface area contributed by atoms with Crippen molar-refractivity contribution >= 4 is 27.5 Å². The van der Waals surface area contributed by atoms with Gasteiger partial charge < -0.3 is 10.5 Å². The van der Waals surface area contributed by atoms with Gasteiger partial charge in [-0.25, -0.2) is 13.8 Å². The van der Waals surface area contributed by atoms with Crippen LogP contribution in [0.4, 0.5) is 8.78 Å². The third-order valence-corrected chi connectivity index (χ3v) is 4.43. The molecule has 3 rings (SSSR count). The molecule has 24 heavy (non-hydrogen) atoms. The Labute approximate surface area is 140 Å². The monoisotopic (exact) mass is 348 g/mol. The highest BCUT2D eigenvalue weighted by Gasteiger charge is 2.17. The number of hydrogen-bond donors (Lipinski definition) is 1. The Hall–Kier alpha value is -2.54. The van der Waals surface area contributed by atoms with Gasteiger partial charge in [0.05, 0.1) is 16.6 Å². The number of aryl methyl sites for hydroxylation is 1. The molecule has 0 spiro atoms. The van der Waals surface area contributed by atoms with Crippen molar-refractivity contribution in [1.82, 2.24) is 4.98 Å². The molecule has 0 aliphatic rings. The predicted octanol–water partition coefficient (Wildman–Crippen LogP) is 3.49. The first kappa shape index (κ1) is 16.3. The van der Waals surface area contributed by atoms with Crippen molar-refractivity contribution in [3.8, 4) is 5.75 Å². The van der Waals surface area contributed by atoms with Crippen LogP contribution in [0.5, 0.6) is 5.75 Å². The highest BCUT2D eigenvalue weighted by Crippen LogP contribution is 2.27. The number of carbonyl (C=O) groups is 1. The summed E-state index contributed by atoms with van der Waals surface area (Å²) in [6, 6.07) is 8.13. The van der Waals surface area contributed by atoms with Crippen molar-refractivity contribution in [3.05, 3.63) is 58.1 Å². The Morgan fingerprint density at radius 1 is 1.29 bits per heavy atom. The van der Waals surface area contributed by atoms with Gasteiger partial charge in [0.15, 0.2) is 11.6 Å². The zero-order valence-corrected chi connectivity index (χ0v) is 13.6. The Kier molecular flexibility index (Phi) is 4.44. The van der Waals surface area contributed by atoms with Crippen LogP contribution in [0, 0.1) is 18.6 Å². The molecule has 7 heteroatoms. The van der Waals surface area contributed by atoms with Crippen LogP contribution in [-0.2, 0) is 17.8 Å². The van der Waals surface area contributed by atoms with E-state index in [1.807, 2.05) is 25.1 Å². The molecule has 0 fully saturated rings. The van der Waals surface area contributed by atoms with Gasteiger partial charge in [-0.15, -0.1) is 11.3 Å². The van der Waals surface area contributed by atoms with E-state index in [0.717, 1.165) is 21.8 Å². The molecule has 1 amide bonds. The van der Waals surface area contributed by atoms with Crippen LogP contribution >= 0.6 is 11.3 Å². The maximum atomic E-state index is 14.3. The Bertz CT molecular complexity index is 924. The van der Waals surface area contributed by atoms with E-state index >= 15 is 0 Å². The van der Waals surface area contributed by atoms with E-state index in [4.69, 9.17) is 10.5 Å². The van der Waals surface area contributed by atoms with Gasteiger partial charge in [-0.05, 0) is 36.8 Å². The second-order valence-electron chi connectivity index (χ2n) is 5.35. The third-order valence-electron chi connectivity index (χ3n) is 3.44. The molecule has 1 aromatic heterocycles. The van der Waals surface area contributed by atoms with Crippen LogP contribution in [0.2, 0.25) is 0 Å². The number of nitrogens with zero attached hydrogens (tertiary/aromatic N) is 1. The summed E-state index contributed by atoms with van der Waals surface area (Å²) < 4.78 is 34.3. The van der Waals surface area contributed by atoms with E-state index < -0.39 is 24.0 Å². The van der Waals surface area contributed by atoms with Crippen LogP contribution in [-0.4, -0.2) is 10.9 Å². The molecule has 0 atom stereocenters. The summed E-state index contributed by atoms with van der Waals surface area (Å²) >= 11 is 1.45. The number of rotatable bonds is 5. The SMILES string of the molecule is Cc1ccc2nc(COc3ccc(F)c(CC(N)=O)c3F)sc2c1. The van der Waals surface area contributed by atoms with Gasteiger partial charge in [-0.2, -0.15) is 0 Å². The fraction of sp³-hybridized carbons (Fsp3) is 0.176. The Balaban J connectivity index is 1.81. The van der Waals surface area contributed by atoms with Gasteiger partial charge in [0.25, 0.3) is 0 Å². The molecule has 0 saturated heterocycles. The van der Waals surface area contributed by atoms with Gasteiger partial charge in [0, 0.05) is 5.56 Å². The second kappa shape index (κ2) is 6.52. The minimum atomic E-state index is -0.911. The summed E-state index contributed by atoms with van der Waals surface area (Å²) in [5, 5.41) is 0.677. The van der Waals surface area contributed by atoms with E-state index in [2.05, 4.69) is 4.98 Å². The molecular weight excluding hydrogens is 334 g/mol. The summed E-state index contributed by atoms with van der Waals surface area (Å²) in [6.45, 7) is 2.04. The minimum absolute atomic E-state index is 0.0525. The lowest BCUT2D eigenvalue weighted by molar-refractivity contribution is -0.117. The number of primary amides is 1. The molecule has 0 aliphatic carbocycles. The Morgan fingerprint density at radius 2 is 2.08 bits per heavy atom. The number of fused-ring (bicyclic) bond motifs is 1. The number of amides is 1. The van der Waals surface area contributed by atoms with Crippen molar-refractivity contribution in [2.24, 2.45) is 5.73 Å². The number of thiazole rings is 1. The van der Waals surface area contributed by atoms with Crippen molar-refractivity contribution in [3.63, 3.8) is 0 Å². The molecule has 0 saturated carbocycles. The zero-order chi connectivity index (χ0) is 17.3. The summed E-state index contributed by atoms with van der Waals surface area (Å²) in [5.41, 5.74) is 6.59. The standard InChI is InChI=1S/C17H14F2N2O2S/c1-9-2-4-12-14(6-9)24-16(21-12)8-23-13-5-3-11(18)10(17(13)19)7-15(20)22/h2-6H,7-8H2,1H3,(H2,20,22). The molecule has 2 aromatic carbocycles. The zero-order valence-electron chi connectivity index (χ0n) is 12.8. The largest absolute Gasteiger partial charge is 0.483 e. The van der Waals surface area contributed by atoms with E-state index in [-0.39, 0.29) is 17.9 Å². The van der Waals surface area contributed by atoms with Gasteiger partial charge >= 0.3 is 0 Å². The van der Waals surface area contributed by atoms with E-state index in [1.165, 1.54) is 17.4 Å². The number of halogens is 2. The van der Waals surface area contributed by atoms with Crippen molar-refractivity contribution in [1.29, 1.82) is 0 Å². The number of nitrogens with two attached hydrogens (primary N) is 1. The topological polar surface area (TPSA) is 65.2 Å². The lowest BCUT2D eigenvalue weighted by atomic mass is 10.1. The van der Waals surface area contributed by atoms with E-state index in [1.54, 1.807) is 0 Å². The van der Waals surface area contributed by atoms with E-state index in [0.29, 0.717) is 5.01 Å². The molecule has 2 N–H and O–H groups in total. The minimum Gasteiger partial charge on any atom is -0.483 e. The van der Waals surface area contributed by atoms with Gasteiger partial charge in [-0.3, -0.25) is 4.79 Å². The van der Waals surface area contributed by atoms with Gasteiger partial charge in [0.1, 0.15) is 17.4 Å². The van der Waals surface area contributed by atoms with Crippen LogP contribution < -0.4 is 10.5 Å². The molecule has 0 aliphatic heterocycles. The lowest BCUT2D eigenvalue weighted by Crippen LogP contribution is -2.16. The Morgan fingerprint density at radius 3 is 2.83 bits per heavy atom. The first-order valence-corrected chi connectivity index (χ1v) is 7.99. The molecule has 0 bridgehead atoms. The summed E-state index contributed by atoms with van der Waals surface area (Å²) in [4.78, 5) is 15.3. The summed E-state index contributed by atoms with van der Waals surface area (Å²) in [5.74, 6) is -2.69. The molecule has 1 heterocycles. The van der Waals surface area contributed by atoms with Crippen LogP contribution in [0.15, 0.2) is 30.3 Å².